The smallest absolute Gasteiger partial charge is 0.307 e. The van der Waals surface area contributed by atoms with Gasteiger partial charge in [0.05, 0.1) is 0 Å². The zero-order valence-corrected chi connectivity index (χ0v) is 17.8. The second-order valence-corrected chi connectivity index (χ2v) is 9.76. The Morgan fingerprint density at radius 1 is 0.636 bits per heavy atom. The van der Waals surface area contributed by atoms with E-state index in [9.17, 15) is 9.59 Å². The van der Waals surface area contributed by atoms with Gasteiger partial charge in [0.2, 0.25) is 0 Å². The van der Waals surface area contributed by atoms with E-state index in [1.165, 1.54) is 6.42 Å². The van der Waals surface area contributed by atoms with Gasteiger partial charge in [-0.25, -0.2) is 20.4 Å². The van der Waals surface area contributed by atoms with Crippen LogP contribution >= 0.6 is 0 Å². The average Bonchev–Trinajstić information content (AvgIpc) is 3.36. The summed E-state index contributed by atoms with van der Waals surface area (Å²) < 4.78 is 0. The van der Waals surface area contributed by atoms with Crippen LogP contribution in [0.5, 0.6) is 0 Å². The quantitative estimate of drug-likeness (QED) is 0.544. The molecule has 0 aromatic heterocycles. The van der Waals surface area contributed by atoms with Crippen LogP contribution in [0, 0.1) is 47.3 Å². The summed E-state index contributed by atoms with van der Waals surface area (Å²) in [4.78, 5) is 24.7. The Hall–Kier alpha value is -3.68. The summed E-state index contributed by atoms with van der Waals surface area (Å²) in [6.07, 6.45) is 1.22. The van der Waals surface area contributed by atoms with E-state index in [4.69, 9.17) is 0 Å². The number of carbonyl (C=O) groups is 2. The summed E-state index contributed by atoms with van der Waals surface area (Å²) in [5.41, 5.74) is 9.23. The number of benzene rings is 2. The van der Waals surface area contributed by atoms with Gasteiger partial charge in [-0.3, -0.25) is 0 Å². The highest BCUT2D eigenvalue weighted by Crippen LogP contribution is 2.80. The molecule has 7 rings (SSSR count). The van der Waals surface area contributed by atoms with Crippen LogP contribution in [0.25, 0.3) is 0 Å². The van der Waals surface area contributed by atoms with Gasteiger partial charge in [0.1, 0.15) is 0 Å². The fourth-order valence-electron chi connectivity index (χ4n) is 7.75. The molecule has 0 aliphatic heterocycles. The number of nitrogens with zero attached hydrogens (tertiary/aromatic N) is 2. The van der Waals surface area contributed by atoms with E-state index in [-0.39, 0.29) is 12.1 Å². The Labute approximate surface area is 190 Å². The van der Waals surface area contributed by atoms with Crippen molar-refractivity contribution < 1.29 is 9.59 Å². The molecule has 0 radical (unpaired) electrons. The summed E-state index contributed by atoms with van der Waals surface area (Å²) in [6.45, 7) is 0. The molecule has 2 aromatic carbocycles. The molecule has 8 nitrogen and oxygen atoms in total. The number of hydrazone groups is 2. The zero-order valence-electron chi connectivity index (χ0n) is 17.8. The van der Waals surface area contributed by atoms with Crippen molar-refractivity contribution in [2.75, 3.05) is 10.6 Å². The first kappa shape index (κ1) is 18.8. The molecule has 8 atom stereocenters. The molecule has 5 aliphatic rings. The van der Waals surface area contributed by atoms with Gasteiger partial charge in [-0.15, -0.1) is 0 Å². The van der Waals surface area contributed by atoms with Crippen molar-refractivity contribution in [1.82, 2.24) is 10.9 Å². The molecule has 5 fully saturated rings. The maximum Gasteiger partial charge on any atom is 0.339 e. The van der Waals surface area contributed by atoms with Crippen LogP contribution in [0.3, 0.4) is 0 Å². The minimum atomic E-state index is -0.319. The molecular formula is C25H24N6O2. The lowest BCUT2D eigenvalue weighted by atomic mass is 9.59. The molecule has 4 amide bonds. The minimum Gasteiger partial charge on any atom is -0.307 e. The van der Waals surface area contributed by atoms with Crippen LogP contribution in [-0.2, 0) is 0 Å². The van der Waals surface area contributed by atoms with E-state index < -0.39 is 0 Å². The highest BCUT2D eigenvalue weighted by Gasteiger charge is 2.82. The van der Waals surface area contributed by atoms with E-state index in [1.54, 1.807) is 0 Å². The van der Waals surface area contributed by atoms with E-state index >= 15 is 0 Å². The average molecular weight is 441 g/mol. The SMILES string of the molecule is O=C(N/N=C1\[C@@H]2[C@H]3/C(=N\NC(=O)Nc4ccccc4)[C@H]4[C@H]5C[C@H]([C@H]14)[C@H]2[C@@H]53)Nc1ccccc1. The first-order chi connectivity index (χ1) is 16.2. The van der Waals surface area contributed by atoms with E-state index in [2.05, 4.69) is 31.7 Å². The number of carbonyl (C=O) groups excluding carboxylic acids is 2. The monoisotopic (exact) mass is 440 g/mol. The molecule has 2 aromatic rings. The van der Waals surface area contributed by atoms with Crippen molar-refractivity contribution in [3.63, 3.8) is 0 Å². The Morgan fingerprint density at radius 3 is 1.48 bits per heavy atom. The molecule has 33 heavy (non-hydrogen) atoms. The predicted octanol–water partition coefficient (Wildman–Crippen LogP) is 3.73. The summed E-state index contributed by atoms with van der Waals surface area (Å²) in [7, 11) is 0. The lowest BCUT2D eigenvalue weighted by molar-refractivity contribution is 0.0654. The number of rotatable bonds is 4. The fourth-order valence-corrected chi connectivity index (χ4v) is 7.75. The summed E-state index contributed by atoms with van der Waals surface area (Å²) in [6, 6.07) is 18.1. The number of para-hydroxylation sites is 2. The molecule has 5 aliphatic carbocycles. The van der Waals surface area contributed by atoms with Gasteiger partial charge in [0.15, 0.2) is 0 Å². The fraction of sp³-hybridized carbons (Fsp3) is 0.360. The standard InChI is InChI=1S/C25H24N6O2/c32-24(26-12-7-3-1-4-8-12)30-28-22-18-14-11-15-17-16(14)20(22)21(17)23(19(15)18)29-31-25(33)27-13-9-5-2-6-10-13/h1-10,14-21H,11H2,(H2,26,30,32)(H2,27,31,33)/b28-22-,29-23-/t14-,15-,16-,17+,18-,19-,20-,21-/m0/s1. The maximum absolute atomic E-state index is 12.3. The van der Waals surface area contributed by atoms with Crippen molar-refractivity contribution in [3.05, 3.63) is 60.7 Å². The van der Waals surface area contributed by atoms with Gasteiger partial charge in [-0.05, 0) is 54.4 Å². The Kier molecular flexibility index (Phi) is 3.95. The van der Waals surface area contributed by atoms with Crippen LogP contribution < -0.4 is 21.5 Å². The topological polar surface area (TPSA) is 107 Å². The highest BCUT2D eigenvalue weighted by atomic mass is 16.2. The maximum atomic E-state index is 12.3. The van der Waals surface area contributed by atoms with Crippen molar-refractivity contribution >= 4 is 34.9 Å². The lowest BCUT2D eigenvalue weighted by Crippen LogP contribution is -2.49. The van der Waals surface area contributed by atoms with Crippen molar-refractivity contribution in [3.8, 4) is 0 Å². The second kappa shape index (κ2) is 6.91. The Morgan fingerprint density at radius 2 is 1.06 bits per heavy atom. The number of hydrogen-bond acceptors (Lipinski definition) is 4. The van der Waals surface area contributed by atoms with Gasteiger partial charge < -0.3 is 10.6 Å². The van der Waals surface area contributed by atoms with Crippen LogP contribution in [0.1, 0.15) is 6.42 Å². The third-order valence-corrected chi connectivity index (χ3v) is 8.51. The lowest BCUT2D eigenvalue weighted by Gasteiger charge is -2.44. The molecule has 2 bridgehead atoms. The van der Waals surface area contributed by atoms with Gasteiger partial charge in [-0.1, -0.05) is 36.4 Å². The third-order valence-electron chi connectivity index (χ3n) is 8.51. The number of anilines is 2. The number of urea groups is 2. The molecule has 8 heteroatoms. The van der Waals surface area contributed by atoms with E-state index in [1.807, 2.05) is 60.7 Å². The number of fused-ring (bicyclic) bond motifs is 2. The summed E-state index contributed by atoms with van der Waals surface area (Å²) >= 11 is 0. The van der Waals surface area contributed by atoms with Crippen LogP contribution in [-0.4, -0.2) is 23.5 Å². The van der Waals surface area contributed by atoms with Gasteiger partial charge in [-0.2, -0.15) is 10.2 Å². The number of hydrogen-bond donors (Lipinski definition) is 4. The molecule has 0 unspecified atom stereocenters. The minimum absolute atomic E-state index is 0.319. The van der Waals surface area contributed by atoms with Crippen LogP contribution in [0.4, 0.5) is 21.0 Å². The first-order valence-electron chi connectivity index (χ1n) is 11.6. The number of nitrogens with one attached hydrogen (secondary N) is 4. The van der Waals surface area contributed by atoms with Gasteiger partial charge in [0, 0.05) is 46.5 Å². The first-order valence-corrected chi connectivity index (χ1v) is 11.6. The van der Waals surface area contributed by atoms with Crippen molar-refractivity contribution in [2.45, 2.75) is 6.42 Å². The van der Waals surface area contributed by atoms with Crippen molar-refractivity contribution in [1.29, 1.82) is 0 Å². The van der Waals surface area contributed by atoms with Crippen molar-refractivity contribution in [2.24, 2.45) is 57.5 Å². The van der Waals surface area contributed by atoms with Crippen LogP contribution in [0.15, 0.2) is 70.9 Å². The predicted molar refractivity (Wildman–Crippen MR) is 125 cm³/mol. The van der Waals surface area contributed by atoms with Crippen LogP contribution in [0.2, 0.25) is 0 Å². The zero-order chi connectivity index (χ0) is 22.1. The highest BCUT2D eigenvalue weighted by molar-refractivity contribution is 6.11. The normalized spacial score (nSPS) is 37.9. The molecule has 0 spiro atoms. The number of amides is 4. The Bertz CT molecular complexity index is 1100. The molecule has 0 heterocycles. The van der Waals surface area contributed by atoms with Gasteiger partial charge >= 0.3 is 12.1 Å². The molecular weight excluding hydrogens is 416 g/mol. The molecule has 166 valence electrons. The van der Waals surface area contributed by atoms with E-state index in [0.717, 1.165) is 22.8 Å². The van der Waals surface area contributed by atoms with E-state index in [0.29, 0.717) is 47.3 Å². The van der Waals surface area contributed by atoms with Gasteiger partial charge in [0.25, 0.3) is 0 Å². The third kappa shape index (κ3) is 2.63. The second-order valence-electron chi connectivity index (χ2n) is 9.76. The Balaban J connectivity index is 1.07. The summed E-state index contributed by atoms with van der Waals surface area (Å²) in [5, 5.41) is 14.9. The largest absolute Gasteiger partial charge is 0.339 e. The summed E-state index contributed by atoms with van der Waals surface area (Å²) in [5.74, 6) is 4.02. The molecule has 4 N–H and O–H groups in total. The molecule has 0 saturated heterocycles. The molecule has 5 saturated carbocycles.